The van der Waals surface area contributed by atoms with Crippen LogP contribution in [0.25, 0.3) is 0 Å². The van der Waals surface area contributed by atoms with E-state index < -0.39 is 10.8 Å². The second-order valence-corrected chi connectivity index (χ2v) is 3.10. The molecule has 0 aromatic heterocycles. The molecule has 0 aliphatic carbocycles. The van der Waals surface area contributed by atoms with Crippen molar-refractivity contribution in [3.8, 4) is 5.75 Å². The molecule has 0 saturated heterocycles. The molecule has 0 N–H and O–H groups in total. The largest absolute Gasteiger partial charge is 0.496 e. The number of benzene rings is 1. The molecule has 0 spiro atoms. The Morgan fingerprint density at radius 2 is 2.06 bits per heavy atom. The normalized spacial score (nSPS) is 9.82. The van der Waals surface area contributed by atoms with E-state index in [4.69, 9.17) is 9.57 Å². The summed E-state index contributed by atoms with van der Waals surface area (Å²) in [6, 6.07) is 4.16. The third-order valence-electron chi connectivity index (χ3n) is 2.19. The molecule has 7 nitrogen and oxygen atoms in total. The van der Waals surface area contributed by atoms with Crippen LogP contribution in [0.2, 0.25) is 0 Å². The summed E-state index contributed by atoms with van der Waals surface area (Å²) in [5, 5.41) is 11.7. The molecule has 1 amide bonds. The molecule has 0 saturated carbocycles. The number of nitro benzene ring substituents is 1. The molecule has 1 rings (SSSR count). The van der Waals surface area contributed by atoms with E-state index in [0.29, 0.717) is 0 Å². The van der Waals surface area contributed by atoms with Gasteiger partial charge in [-0.3, -0.25) is 19.7 Å². The number of ether oxygens (including phenoxy) is 1. The van der Waals surface area contributed by atoms with Gasteiger partial charge in [0.15, 0.2) is 5.56 Å². The van der Waals surface area contributed by atoms with E-state index in [-0.39, 0.29) is 17.0 Å². The monoisotopic (exact) mass is 240 g/mol. The van der Waals surface area contributed by atoms with Crippen LogP contribution < -0.4 is 4.74 Å². The van der Waals surface area contributed by atoms with E-state index >= 15 is 0 Å². The molecule has 0 atom stereocenters. The number of methoxy groups -OCH3 is 1. The van der Waals surface area contributed by atoms with Gasteiger partial charge in [0.25, 0.3) is 11.6 Å². The van der Waals surface area contributed by atoms with Gasteiger partial charge in [-0.25, -0.2) is 5.06 Å². The summed E-state index contributed by atoms with van der Waals surface area (Å²) in [5.74, 6) is -0.509. The first-order valence-corrected chi connectivity index (χ1v) is 4.66. The van der Waals surface area contributed by atoms with Crippen molar-refractivity contribution in [2.24, 2.45) is 0 Å². The highest BCUT2D eigenvalue weighted by molar-refractivity contribution is 6.00. The second-order valence-electron chi connectivity index (χ2n) is 3.10. The predicted octanol–water partition coefficient (Wildman–Crippen LogP) is 1.24. The summed E-state index contributed by atoms with van der Waals surface area (Å²) >= 11 is 0. The van der Waals surface area contributed by atoms with Crippen molar-refractivity contribution in [3.63, 3.8) is 0 Å². The van der Waals surface area contributed by atoms with E-state index in [9.17, 15) is 14.9 Å². The van der Waals surface area contributed by atoms with Gasteiger partial charge in [-0.2, -0.15) is 0 Å². The summed E-state index contributed by atoms with van der Waals surface area (Å²) in [6.45, 7) is 0. The number of carbonyl (C=O) groups is 1. The molecule has 0 aliphatic rings. The number of nitrogens with zero attached hydrogens (tertiary/aromatic N) is 2. The highest BCUT2D eigenvalue weighted by Gasteiger charge is 2.27. The zero-order chi connectivity index (χ0) is 13.0. The summed E-state index contributed by atoms with van der Waals surface area (Å²) in [7, 11) is 3.99. The minimum atomic E-state index is -0.642. The first kappa shape index (κ1) is 12.9. The molecule has 0 radical (unpaired) electrons. The highest BCUT2D eigenvalue weighted by Crippen LogP contribution is 2.29. The Kier molecular flexibility index (Phi) is 4.00. The van der Waals surface area contributed by atoms with Crippen LogP contribution in [-0.2, 0) is 4.84 Å². The van der Waals surface area contributed by atoms with Gasteiger partial charge in [-0.1, -0.05) is 6.07 Å². The molecule has 92 valence electrons. The van der Waals surface area contributed by atoms with Crippen LogP contribution in [0.5, 0.6) is 5.75 Å². The highest BCUT2D eigenvalue weighted by atomic mass is 16.7. The molecule has 1 aromatic rings. The second kappa shape index (κ2) is 5.26. The number of nitro groups is 1. The average molecular weight is 240 g/mol. The molecule has 0 fully saturated rings. The lowest BCUT2D eigenvalue weighted by atomic mass is 10.1. The molecular formula is C10H12N2O5. The Hall–Kier alpha value is -2.15. The number of hydrogen-bond acceptors (Lipinski definition) is 5. The van der Waals surface area contributed by atoms with Gasteiger partial charge in [0, 0.05) is 13.1 Å². The fourth-order valence-corrected chi connectivity index (χ4v) is 1.30. The van der Waals surface area contributed by atoms with Gasteiger partial charge in [0.05, 0.1) is 19.1 Å². The van der Waals surface area contributed by atoms with Crippen molar-refractivity contribution in [1.29, 1.82) is 0 Å². The smallest absolute Gasteiger partial charge is 0.287 e. The van der Waals surface area contributed by atoms with Gasteiger partial charge < -0.3 is 4.74 Å². The Bertz CT molecular complexity index is 446. The van der Waals surface area contributed by atoms with Crippen molar-refractivity contribution < 1.29 is 19.3 Å². The van der Waals surface area contributed by atoms with E-state index in [1.54, 1.807) is 0 Å². The van der Waals surface area contributed by atoms with Crippen molar-refractivity contribution in [3.05, 3.63) is 33.9 Å². The van der Waals surface area contributed by atoms with Crippen LogP contribution in [-0.4, -0.2) is 37.2 Å². The number of rotatable bonds is 4. The minimum Gasteiger partial charge on any atom is -0.496 e. The molecule has 0 bridgehead atoms. The average Bonchev–Trinajstić information content (AvgIpc) is 2.35. The third-order valence-corrected chi connectivity index (χ3v) is 2.19. The standard InChI is InChI=1S/C10H12N2O5/c1-11(17-3)10(13)9-7(12(14)15)5-4-6-8(9)16-2/h4-6H,1-3H3. The van der Waals surface area contributed by atoms with Crippen LogP contribution in [0.3, 0.4) is 0 Å². The fourth-order valence-electron chi connectivity index (χ4n) is 1.30. The maximum absolute atomic E-state index is 11.9. The summed E-state index contributed by atoms with van der Waals surface area (Å²) in [6.07, 6.45) is 0. The maximum atomic E-state index is 11.9. The molecule has 17 heavy (non-hydrogen) atoms. The fraction of sp³-hybridized carbons (Fsp3) is 0.300. The van der Waals surface area contributed by atoms with Gasteiger partial charge in [-0.15, -0.1) is 0 Å². The third kappa shape index (κ3) is 2.51. The molecule has 1 aromatic carbocycles. The zero-order valence-corrected chi connectivity index (χ0v) is 9.67. The van der Waals surface area contributed by atoms with Crippen LogP contribution in [0, 0.1) is 10.1 Å². The van der Waals surface area contributed by atoms with Gasteiger partial charge >= 0.3 is 0 Å². The predicted molar refractivity (Wildman–Crippen MR) is 58.8 cm³/mol. The molecule has 0 aliphatic heterocycles. The Labute approximate surface area is 97.6 Å². The van der Waals surface area contributed by atoms with E-state index in [2.05, 4.69) is 0 Å². The lowest BCUT2D eigenvalue weighted by Crippen LogP contribution is -2.26. The van der Waals surface area contributed by atoms with E-state index in [1.807, 2.05) is 0 Å². The molecule has 7 heteroatoms. The lowest BCUT2D eigenvalue weighted by molar-refractivity contribution is -0.385. The number of amides is 1. The number of hydroxylamine groups is 2. The zero-order valence-electron chi connectivity index (χ0n) is 9.67. The molecular weight excluding hydrogens is 228 g/mol. The topological polar surface area (TPSA) is 81.9 Å². The molecule has 0 unspecified atom stereocenters. The van der Waals surface area contributed by atoms with Crippen molar-refractivity contribution in [2.45, 2.75) is 0 Å². The Morgan fingerprint density at radius 1 is 1.41 bits per heavy atom. The quantitative estimate of drug-likeness (QED) is 0.584. The minimum absolute atomic E-state index is 0.133. The lowest BCUT2D eigenvalue weighted by Gasteiger charge is -2.15. The maximum Gasteiger partial charge on any atom is 0.287 e. The first-order valence-electron chi connectivity index (χ1n) is 4.66. The van der Waals surface area contributed by atoms with Crippen LogP contribution >= 0.6 is 0 Å². The van der Waals surface area contributed by atoms with Gasteiger partial charge in [0.1, 0.15) is 5.75 Å². The Morgan fingerprint density at radius 3 is 2.53 bits per heavy atom. The van der Waals surface area contributed by atoms with Crippen molar-refractivity contribution in [1.82, 2.24) is 5.06 Å². The molecule has 0 heterocycles. The van der Waals surface area contributed by atoms with Crippen LogP contribution in [0.15, 0.2) is 18.2 Å². The van der Waals surface area contributed by atoms with Gasteiger partial charge in [-0.05, 0) is 6.07 Å². The van der Waals surface area contributed by atoms with Crippen LogP contribution in [0.4, 0.5) is 5.69 Å². The summed E-state index contributed by atoms with van der Waals surface area (Å²) < 4.78 is 4.94. The van der Waals surface area contributed by atoms with Gasteiger partial charge in [0.2, 0.25) is 0 Å². The number of carbonyl (C=O) groups excluding carboxylic acids is 1. The summed E-state index contributed by atoms with van der Waals surface area (Å²) in [5.41, 5.74) is -0.456. The number of hydrogen-bond donors (Lipinski definition) is 0. The van der Waals surface area contributed by atoms with E-state index in [1.165, 1.54) is 39.5 Å². The van der Waals surface area contributed by atoms with Crippen LogP contribution in [0.1, 0.15) is 10.4 Å². The Balaban J connectivity index is 3.36. The van der Waals surface area contributed by atoms with Crippen molar-refractivity contribution >= 4 is 11.6 Å². The van der Waals surface area contributed by atoms with Crippen molar-refractivity contribution in [2.75, 3.05) is 21.3 Å². The first-order chi connectivity index (χ1) is 8.02. The summed E-state index contributed by atoms with van der Waals surface area (Å²) in [4.78, 5) is 26.8. The SMILES string of the molecule is COc1cccc([N+](=O)[O-])c1C(=O)N(C)OC. The van der Waals surface area contributed by atoms with E-state index in [0.717, 1.165) is 5.06 Å².